The van der Waals surface area contributed by atoms with E-state index < -0.39 is 0 Å². The Morgan fingerprint density at radius 1 is 1.03 bits per heavy atom. The van der Waals surface area contributed by atoms with Crippen LogP contribution in [0.3, 0.4) is 0 Å². The largest absolute Gasteiger partial charge is 0.335 e. The van der Waals surface area contributed by atoms with Gasteiger partial charge >= 0.3 is 0 Å². The van der Waals surface area contributed by atoms with Gasteiger partial charge in [-0.1, -0.05) is 24.3 Å². The molecule has 9 heteroatoms. The summed E-state index contributed by atoms with van der Waals surface area (Å²) in [5.41, 5.74) is 3.03. The van der Waals surface area contributed by atoms with Crippen molar-refractivity contribution < 1.29 is 9.59 Å². The van der Waals surface area contributed by atoms with Crippen LogP contribution in [0, 0.1) is 13.8 Å². The van der Waals surface area contributed by atoms with Crippen LogP contribution < -0.4 is 4.90 Å². The molecule has 2 atom stereocenters. The normalized spacial score (nSPS) is 20.4. The van der Waals surface area contributed by atoms with Crippen molar-refractivity contribution in [3.8, 4) is 0 Å². The third kappa shape index (κ3) is 5.56. The summed E-state index contributed by atoms with van der Waals surface area (Å²) in [6.07, 6.45) is 6.65. The van der Waals surface area contributed by atoms with Crippen LogP contribution in [0.25, 0.3) is 0 Å². The van der Waals surface area contributed by atoms with Gasteiger partial charge in [0.05, 0.1) is 0 Å². The predicted octanol–water partition coefficient (Wildman–Crippen LogP) is 3.11. The fraction of sp³-hybridized carbons (Fsp3) is 0.464. The molecule has 0 N–H and O–H groups in total. The van der Waals surface area contributed by atoms with Crippen molar-refractivity contribution in [2.45, 2.75) is 71.8 Å². The lowest BCUT2D eigenvalue weighted by atomic mass is 10.1. The molecule has 9 nitrogen and oxygen atoms in total. The smallest absolute Gasteiger partial charge is 0.244 e. The van der Waals surface area contributed by atoms with Crippen LogP contribution in [0.1, 0.15) is 49.0 Å². The van der Waals surface area contributed by atoms with Crippen molar-refractivity contribution in [2.75, 3.05) is 18.0 Å². The van der Waals surface area contributed by atoms with E-state index in [9.17, 15) is 9.59 Å². The van der Waals surface area contributed by atoms with Crippen molar-refractivity contribution in [3.05, 3.63) is 71.6 Å². The maximum atomic E-state index is 13.8. The molecule has 2 unspecified atom stereocenters. The number of carbonyl (C=O) groups is 2. The maximum absolute atomic E-state index is 13.8. The molecule has 194 valence electrons. The quantitative estimate of drug-likeness (QED) is 0.546. The van der Waals surface area contributed by atoms with E-state index in [1.165, 1.54) is 0 Å². The standard InChI is InChI=1S/C28H35N7O2/c1-20-30-21(2)35(31-20)19-28(37)32-17-24-8-4-5-9-27(24)33(22(3)36)14-12-25-10-11-26(18-32)34(25)16-23-7-6-13-29-15-23/h4-9,13,15,25-26H,10-12,14,16-19H2,1-3H3. The minimum absolute atomic E-state index is 0.00111. The molecule has 0 radical (unpaired) electrons. The zero-order valence-electron chi connectivity index (χ0n) is 21.9. The Morgan fingerprint density at radius 2 is 1.84 bits per heavy atom. The number of aromatic nitrogens is 4. The van der Waals surface area contributed by atoms with E-state index in [-0.39, 0.29) is 24.4 Å². The molecular weight excluding hydrogens is 466 g/mol. The number of aryl methyl sites for hydroxylation is 2. The summed E-state index contributed by atoms with van der Waals surface area (Å²) in [6, 6.07) is 12.6. The van der Waals surface area contributed by atoms with Crippen molar-refractivity contribution in [1.29, 1.82) is 0 Å². The average molecular weight is 502 g/mol. The maximum Gasteiger partial charge on any atom is 0.244 e. The molecule has 2 aliphatic rings. The third-order valence-electron chi connectivity index (χ3n) is 7.60. The number of hydrogen-bond acceptors (Lipinski definition) is 6. The molecule has 5 rings (SSSR count). The molecule has 37 heavy (non-hydrogen) atoms. The van der Waals surface area contributed by atoms with Crippen molar-refractivity contribution in [3.63, 3.8) is 0 Å². The number of amides is 2. The van der Waals surface area contributed by atoms with Crippen LogP contribution in [-0.4, -0.2) is 66.5 Å². The molecule has 2 amide bonds. The summed E-state index contributed by atoms with van der Waals surface area (Å²) in [6.45, 7) is 7.96. The average Bonchev–Trinajstić information content (AvgIpc) is 3.39. The highest BCUT2D eigenvalue weighted by Crippen LogP contribution is 2.32. The number of benzene rings is 1. The number of rotatable bonds is 4. The number of carbonyl (C=O) groups excluding carboxylic acids is 2. The Hall–Kier alpha value is -3.59. The first kappa shape index (κ1) is 25.1. The first-order chi connectivity index (χ1) is 17.9. The van der Waals surface area contributed by atoms with E-state index in [4.69, 9.17) is 0 Å². The van der Waals surface area contributed by atoms with Gasteiger partial charge in [-0.3, -0.25) is 19.5 Å². The first-order valence-electron chi connectivity index (χ1n) is 13.1. The molecule has 0 saturated carbocycles. The lowest BCUT2D eigenvalue weighted by molar-refractivity contribution is -0.133. The second-order valence-corrected chi connectivity index (χ2v) is 10.1. The van der Waals surface area contributed by atoms with Crippen LogP contribution >= 0.6 is 0 Å². The minimum atomic E-state index is 0.00111. The van der Waals surface area contributed by atoms with Gasteiger partial charge in [0.15, 0.2) is 0 Å². The van der Waals surface area contributed by atoms with E-state index in [0.717, 1.165) is 48.4 Å². The van der Waals surface area contributed by atoms with Gasteiger partial charge in [0, 0.05) is 63.3 Å². The molecule has 3 aromatic rings. The van der Waals surface area contributed by atoms with Crippen molar-refractivity contribution in [1.82, 2.24) is 29.5 Å². The summed E-state index contributed by atoms with van der Waals surface area (Å²) < 4.78 is 1.68. The summed E-state index contributed by atoms with van der Waals surface area (Å²) in [5, 5.41) is 4.42. The number of pyridine rings is 1. The highest BCUT2D eigenvalue weighted by Gasteiger charge is 2.36. The topological polar surface area (TPSA) is 87.5 Å². The first-order valence-corrected chi connectivity index (χ1v) is 13.1. The SMILES string of the molecule is CC(=O)N1CCC2CCC(CN(C(=O)Cn3nc(C)nc3C)Cc3ccccc31)N2Cc1cccnc1. The van der Waals surface area contributed by atoms with Gasteiger partial charge in [-0.15, -0.1) is 0 Å². The van der Waals surface area contributed by atoms with Crippen LogP contribution in [0.4, 0.5) is 5.69 Å². The molecule has 2 aromatic heterocycles. The van der Waals surface area contributed by atoms with E-state index >= 15 is 0 Å². The highest BCUT2D eigenvalue weighted by molar-refractivity contribution is 5.92. The van der Waals surface area contributed by atoms with Gasteiger partial charge in [-0.2, -0.15) is 5.10 Å². The minimum Gasteiger partial charge on any atom is -0.335 e. The number of fused-ring (bicyclic) bond motifs is 3. The molecular formula is C28H35N7O2. The molecule has 4 heterocycles. The summed E-state index contributed by atoms with van der Waals surface area (Å²) in [5.74, 6) is 1.41. The lowest BCUT2D eigenvalue weighted by Crippen LogP contribution is -2.45. The zero-order chi connectivity index (χ0) is 25.9. The number of para-hydroxylation sites is 1. The molecule has 2 bridgehead atoms. The monoisotopic (exact) mass is 501 g/mol. The molecule has 0 aliphatic carbocycles. The van der Waals surface area contributed by atoms with Crippen LogP contribution in [0.15, 0.2) is 48.8 Å². The fourth-order valence-corrected chi connectivity index (χ4v) is 5.77. The van der Waals surface area contributed by atoms with E-state index in [0.29, 0.717) is 31.5 Å². The predicted molar refractivity (Wildman–Crippen MR) is 141 cm³/mol. The number of anilines is 1. The van der Waals surface area contributed by atoms with Gasteiger partial charge in [0.2, 0.25) is 11.8 Å². The Labute approximate surface area is 218 Å². The molecule has 2 aliphatic heterocycles. The Balaban J connectivity index is 1.50. The van der Waals surface area contributed by atoms with Crippen molar-refractivity contribution >= 4 is 17.5 Å². The third-order valence-corrected chi connectivity index (χ3v) is 7.60. The van der Waals surface area contributed by atoms with Crippen LogP contribution in [0.2, 0.25) is 0 Å². The summed E-state index contributed by atoms with van der Waals surface area (Å²) in [4.78, 5) is 41.6. The number of nitrogens with zero attached hydrogens (tertiary/aromatic N) is 7. The van der Waals surface area contributed by atoms with Crippen LogP contribution in [-0.2, 0) is 29.2 Å². The molecule has 1 fully saturated rings. The van der Waals surface area contributed by atoms with E-state index in [1.54, 1.807) is 17.8 Å². The van der Waals surface area contributed by atoms with E-state index in [2.05, 4.69) is 26.0 Å². The molecule has 1 aromatic carbocycles. The van der Waals surface area contributed by atoms with Crippen LogP contribution in [0.5, 0.6) is 0 Å². The number of hydrogen-bond donors (Lipinski definition) is 0. The Kier molecular flexibility index (Phi) is 7.32. The Bertz CT molecular complexity index is 1260. The zero-order valence-corrected chi connectivity index (χ0v) is 21.9. The molecule has 0 spiro atoms. The lowest BCUT2D eigenvalue weighted by Gasteiger charge is -2.34. The molecule has 1 saturated heterocycles. The van der Waals surface area contributed by atoms with Crippen molar-refractivity contribution in [2.24, 2.45) is 0 Å². The fourth-order valence-electron chi connectivity index (χ4n) is 5.77. The van der Waals surface area contributed by atoms with Gasteiger partial charge in [0.25, 0.3) is 0 Å². The second-order valence-electron chi connectivity index (χ2n) is 10.1. The van der Waals surface area contributed by atoms with Gasteiger partial charge in [0.1, 0.15) is 18.2 Å². The van der Waals surface area contributed by atoms with Gasteiger partial charge < -0.3 is 9.80 Å². The van der Waals surface area contributed by atoms with Gasteiger partial charge in [-0.25, -0.2) is 9.67 Å². The van der Waals surface area contributed by atoms with E-state index in [1.807, 2.05) is 60.2 Å². The summed E-state index contributed by atoms with van der Waals surface area (Å²) in [7, 11) is 0. The summed E-state index contributed by atoms with van der Waals surface area (Å²) >= 11 is 0. The second kappa shape index (κ2) is 10.8. The highest BCUT2D eigenvalue weighted by atomic mass is 16.2. The van der Waals surface area contributed by atoms with Gasteiger partial charge in [-0.05, 0) is 56.4 Å². The Morgan fingerprint density at radius 3 is 2.57 bits per heavy atom.